The molecule has 0 saturated carbocycles. The molecule has 27 heavy (non-hydrogen) atoms. The van der Waals surface area contributed by atoms with E-state index in [9.17, 15) is 8.78 Å². The van der Waals surface area contributed by atoms with Gasteiger partial charge >= 0.3 is 0 Å². The SMILES string of the molecule is Cn1c(Cn2cccn2)nnc1C1CCN(Cc2cccc(F)c2F)CC1. The zero-order chi connectivity index (χ0) is 18.8. The van der Waals surface area contributed by atoms with Crippen molar-refractivity contribution >= 4 is 0 Å². The maximum Gasteiger partial charge on any atom is 0.163 e. The van der Waals surface area contributed by atoms with Gasteiger partial charge in [0, 0.05) is 37.5 Å². The van der Waals surface area contributed by atoms with Gasteiger partial charge in [0.15, 0.2) is 17.5 Å². The fraction of sp³-hybridized carbons (Fsp3) is 0.421. The van der Waals surface area contributed by atoms with Gasteiger partial charge in [0.05, 0.1) is 0 Å². The van der Waals surface area contributed by atoms with Crippen molar-refractivity contribution in [3.8, 4) is 0 Å². The van der Waals surface area contributed by atoms with Gasteiger partial charge in [-0.3, -0.25) is 9.58 Å². The zero-order valence-corrected chi connectivity index (χ0v) is 15.2. The molecule has 0 radical (unpaired) electrons. The molecule has 0 N–H and O–H groups in total. The van der Waals surface area contributed by atoms with Crippen molar-refractivity contribution in [1.82, 2.24) is 29.4 Å². The Balaban J connectivity index is 1.38. The molecule has 3 heterocycles. The van der Waals surface area contributed by atoms with Crippen LogP contribution >= 0.6 is 0 Å². The highest BCUT2D eigenvalue weighted by atomic mass is 19.2. The van der Waals surface area contributed by atoms with E-state index in [2.05, 4.69) is 20.2 Å². The molecule has 0 amide bonds. The van der Waals surface area contributed by atoms with Crippen LogP contribution in [-0.2, 0) is 20.1 Å². The summed E-state index contributed by atoms with van der Waals surface area (Å²) < 4.78 is 31.1. The average molecular weight is 372 g/mol. The first-order chi connectivity index (χ1) is 13.1. The summed E-state index contributed by atoms with van der Waals surface area (Å²) in [6, 6.07) is 6.24. The van der Waals surface area contributed by atoms with Crippen molar-refractivity contribution in [2.24, 2.45) is 7.05 Å². The molecule has 142 valence electrons. The first-order valence-corrected chi connectivity index (χ1v) is 9.12. The number of likely N-dealkylation sites (tertiary alicyclic amines) is 1. The highest BCUT2D eigenvalue weighted by Gasteiger charge is 2.26. The van der Waals surface area contributed by atoms with Crippen LogP contribution in [0.4, 0.5) is 8.78 Å². The van der Waals surface area contributed by atoms with Gasteiger partial charge in [-0.15, -0.1) is 10.2 Å². The third kappa shape index (κ3) is 3.75. The predicted molar refractivity (Wildman–Crippen MR) is 95.9 cm³/mol. The van der Waals surface area contributed by atoms with Gasteiger partial charge in [-0.05, 0) is 38.1 Å². The predicted octanol–water partition coefficient (Wildman–Crippen LogP) is 2.72. The number of aromatic nitrogens is 5. The van der Waals surface area contributed by atoms with Crippen molar-refractivity contribution < 1.29 is 8.78 Å². The van der Waals surface area contributed by atoms with Crippen LogP contribution in [0, 0.1) is 11.6 Å². The molecular formula is C19H22F2N6. The van der Waals surface area contributed by atoms with Crippen LogP contribution in [0.1, 0.15) is 36.0 Å². The first-order valence-electron chi connectivity index (χ1n) is 9.12. The molecule has 1 aliphatic rings. The second kappa shape index (κ2) is 7.56. The Labute approximate surface area is 156 Å². The number of rotatable bonds is 5. The molecule has 1 aliphatic heterocycles. The molecule has 4 rings (SSSR count). The number of benzene rings is 1. The van der Waals surface area contributed by atoms with Gasteiger partial charge < -0.3 is 4.57 Å². The van der Waals surface area contributed by atoms with E-state index in [0.29, 0.717) is 24.6 Å². The quantitative estimate of drug-likeness (QED) is 0.691. The Morgan fingerprint density at radius 1 is 1.07 bits per heavy atom. The van der Waals surface area contributed by atoms with Gasteiger partial charge in [-0.1, -0.05) is 12.1 Å². The highest BCUT2D eigenvalue weighted by Crippen LogP contribution is 2.28. The Kier molecular flexibility index (Phi) is 4.98. The van der Waals surface area contributed by atoms with Gasteiger partial charge in [-0.25, -0.2) is 8.78 Å². The fourth-order valence-corrected chi connectivity index (χ4v) is 3.67. The number of piperidine rings is 1. The van der Waals surface area contributed by atoms with Crippen molar-refractivity contribution in [2.45, 2.75) is 31.8 Å². The summed E-state index contributed by atoms with van der Waals surface area (Å²) in [6.07, 6.45) is 5.49. The number of halogens is 2. The molecule has 8 heteroatoms. The lowest BCUT2D eigenvalue weighted by atomic mass is 9.95. The van der Waals surface area contributed by atoms with E-state index in [1.165, 1.54) is 0 Å². The van der Waals surface area contributed by atoms with Gasteiger partial charge in [0.1, 0.15) is 12.4 Å². The zero-order valence-electron chi connectivity index (χ0n) is 15.2. The summed E-state index contributed by atoms with van der Waals surface area (Å²) in [5.41, 5.74) is 0.411. The summed E-state index contributed by atoms with van der Waals surface area (Å²) >= 11 is 0. The van der Waals surface area contributed by atoms with Crippen LogP contribution in [-0.4, -0.2) is 42.5 Å². The molecule has 0 unspecified atom stereocenters. The van der Waals surface area contributed by atoms with E-state index in [0.717, 1.165) is 43.6 Å². The topological polar surface area (TPSA) is 51.8 Å². The molecule has 6 nitrogen and oxygen atoms in total. The summed E-state index contributed by atoms with van der Waals surface area (Å²) in [6.45, 7) is 2.66. The van der Waals surface area contributed by atoms with Crippen LogP contribution < -0.4 is 0 Å². The Morgan fingerprint density at radius 2 is 1.89 bits per heavy atom. The van der Waals surface area contributed by atoms with E-state index in [-0.39, 0.29) is 0 Å². The van der Waals surface area contributed by atoms with E-state index in [1.54, 1.807) is 18.3 Å². The molecule has 0 spiro atoms. The minimum atomic E-state index is -0.786. The van der Waals surface area contributed by atoms with Gasteiger partial charge in [0.25, 0.3) is 0 Å². The normalized spacial score (nSPS) is 16.1. The summed E-state index contributed by atoms with van der Waals surface area (Å²) in [5, 5.41) is 12.9. The largest absolute Gasteiger partial charge is 0.316 e. The van der Waals surface area contributed by atoms with Crippen LogP contribution in [0.2, 0.25) is 0 Å². The highest BCUT2D eigenvalue weighted by molar-refractivity contribution is 5.19. The van der Waals surface area contributed by atoms with E-state index in [1.807, 2.05) is 28.6 Å². The monoisotopic (exact) mass is 372 g/mol. The molecule has 0 aliphatic carbocycles. The van der Waals surface area contributed by atoms with Crippen molar-refractivity contribution in [2.75, 3.05) is 13.1 Å². The lowest BCUT2D eigenvalue weighted by Gasteiger charge is -2.31. The maximum atomic E-state index is 13.9. The molecule has 1 fully saturated rings. The van der Waals surface area contributed by atoms with Crippen LogP contribution in [0.3, 0.4) is 0 Å². The lowest BCUT2D eigenvalue weighted by molar-refractivity contribution is 0.197. The number of nitrogens with zero attached hydrogens (tertiary/aromatic N) is 6. The second-order valence-electron chi connectivity index (χ2n) is 7.00. The van der Waals surface area contributed by atoms with Crippen molar-refractivity contribution in [3.05, 3.63) is 65.5 Å². The van der Waals surface area contributed by atoms with E-state index in [4.69, 9.17) is 0 Å². The van der Waals surface area contributed by atoms with Gasteiger partial charge in [-0.2, -0.15) is 5.10 Å². The minimum Gasteiger partial charge on any atom is -0.316 e. The molecule has 0 bridgehead atoms. The van der Waals surface area contributed by atoms with Crippen LogP contribution in [0.25, 0.3) is 0 Å². The minimum absolute atomic E-state index is 0.322. The van der Waals surface area contributed by atoms with Crippen LogP contribution in [0.15, 0.2) is 36.7 Å². The smallest absolute Gasteiger partial charge is 0.163 e. The first kappa shape index (κ1) is 17.8. The summed E-state index contributed by atoms with van der Waals surface area (Å²) in [4.78, 5) is 2.16. The van der Waals surface area contributed by atoms with E-state index >= 15 is 0 Å². The molecule has 1 saturated heterocycles. The fourth-order valence-electron chi connectivity index (χ4n) is 3.67. The standard InChI is InChI=1S/C19H22F2N6/c1-25-17(13-27-9-3-8-22-27)23-24-19(25)14-6-10-26(11-7-14)12-15-4-2-5-16(20)18(15)21/h2-5,8-9,14H,6-7,10-13H2,1H3. The third-order valence-corrected chi connectivity index (χ3v) is 5.24. The number of hydrogen-bond donors (Lipinski definition) is 0. The third-order valence-electron chi connectivity index (χ3n) is 5.24. The van der Waals surface area contributed by atoms with E-state index < -0.39 is 11.6 Å². The van der Waals surface area contributed by atoms with Gasteiger partial charge in [0.2, 0.25) is 0 Å². The summed E-state index contributed by atoms with van der Waals surface area (Å²) in [7, 11) is 1.99. The Hall–Kier alpha value is -2.61. The van der Waals surface area contributed by atoms with Crippen molar-refractivity contribution in [3.63, 3.8) is 0 Å². The molecular weight excluding hydrogens is 350 g/mol. The van der Waals surface area contributed by atoms with Crippen molar-refractivity contribution in [1.29, 1.82) is 0 Å². The van der Waals surface area contributed by atoms with Crippen LogP contribution in [0.5, 0.6) is 0 Å². The Bertz CT molecular complexity index is 897. The molecule has 3 aromatic rings. The average Bonchev–Trinajstić information content (AvgIpc) is 3.31. The second-order valence-corrected chi connectivity index (χ2v) is 7.00. The molecule has 2 aromatic heterocycles. The maximum absolute atomic E-state index is 13.9. The Morgan fingerprint density at radius 3 is 2.63 bits per heavy atom. The summed E-state index contributed by atoms with van der Waals surface area (Å²) in [5.74, 6) is 0.650. The number of hydrogen-bond acceptors (Lipinski definition) is 4. The molecule has 0 atom stereocenters. The molecule has 1 aromatic carbocycles. The lowest BCUT2D eigenvalue weighted by Crippen LogP contribution is -2.33.